The SMILES string of the molecule is CN(C)CCCC1CCNNN1. The monoisotopic (exact) mass is 172 g/mol. The Labute approximate surface area is 74.6 Å². The van der Waals surface area contributed by atoms with E-state index in [0.717, 1.165) is 6.54 Å². The van der Waals surface area contributed by atoms with Crippen molar-refractivity contribution in [2.75, 3.05) is 27.2 Å². The van der Waals surface area contributed by atoms with Crippen LogP contribution in [-0.2, 0) is 0 Å². The van der Waals surface area contributed by atoms with Gasteiger partial charge in [0.05, 0.1) is 0 Å². The van der Waals surface area contributed by atoms with Gasteiger partial charge in [-0.15, -0.1) is 0 Å². The van der Waals surface area contributed by atoms with Gasteiger partial charge in [0, 0.05) is 12.6 Å². The first-order valence-electron chi connectivity index (χ1n) is 4.67. The zero-order valence-corrected chi connectivity index (χ0v) is 8.06. The van der Waals surface area contributed by atoms with Crippen molar-refractivity contribution >= 4 is 0 Å². The molecule has 0 aliphatic carbocycles. The van der Waals surface area contributed by atoms with Crippen LogP contribution in [0.5, 0.6) is 0 Å². The first kappa shape index (κ1) is 9.92. The Morgan fingerprint density at radius 3 is 2.83 bits per heavy atom. The summed E-state index contributed by atoms with van der Waals surface area (Å²) in [6, 6.07) is 0.645. The van der Waals surface area contributed by atoms with Crippen LogP contribution in [0.3, 0.4) is 0 Å². The number of rotatable bonds is 4. The van der Waals surface area contributed by atoms with Crippen molar-refractivity contribution in [3.05, 3.63) is 0 Å². The summed E-state index contributed by atoms with van der Waals surface area (Å²) in [6.45, 7) is 2.26. The Balaban J connectivity index is 1.98. The third kappa shape index (κ3) is 4.01. The fraction of sp³-hybridized carbons (Fsp3) is 1.00. The fourth-order valence-corrected chi connectivity index (χ4v) is 1.40. The third-order valence-electron chi connectivity index (χ3n) is 2.14. The van der Waals surface area contributed by atoms with Crippen LogP contribution >= 0.6 is 0 Å². The Morgan fingerprint density at radius 1 is 1.42 bits per heavy atom. The summed E-state index contributed by atoms with van der Waals surface area (Å²) in [5.74, 6) is 0. The summed E-state index contributed by atoms with van der Waals surface area (Å²) in [7, 11) is 4.24. The maximum absolute atomic E-state index is 3.21. The van der Waals surface area contributed by atoms with Crippen LogP contribution in [0.15, 0.2) is 0 Å². The van der Waals surface area contributed by atoms with Gasteiger partial charge in [-0.25, -0.2) is 10.9 Å². The van der Waals surface area contributed by atoms with E-state index in [2.05, 4.69) is 35.4 Å². The van der Waals surface area contributed by atoms with Gasteiger partial charge in [0.2, 0.25) is 0 Å². The highest BCUT2D eigenvalue weighted by molar-refractivity contribution is 4.68. The van der Waals surface area contributed by atoms with Crippen molar-refractivity contribution < 1.29 is 0 Å². The van der Waals surface area contributed by atoms with Crippen LogP contribution in [-0.4, -0.2) is 38.1 Å². The molecule has 0 radical (unpaired) electrons. The predicted octanol–water partition coefficient (Wildman–Crippen LogP) is -0.301. The topological polar surface area (TPSA) is 39.3 Å². The summed E-state index contributed by atoms with van der Waals surface area (Å²) >= 11 is 0. The molecule has 0 bridgehead atoms. The van der Waals surface area contributed by atoms with Gasteiger partial charge in [0.25, 0.3) is 0 Å². The standard InChI is InChI=1S/C8H20N4/c1-12(2)7-3-4-8-5-6-9-11-10-8/h8-11H,3-7H2,1-2H3. The molecule has 0 aromatic carbocycles. The fourth-order valence-electron chi connectivity index (χ4n) is 1.40. The van der Waals surface area contributed by atoms with Gasteiger partial charge in [-0.3, -0.25) is 0 Å². The molecule has 1 unspecified atom stereocenters. The van der Waals surface area contributed by atoms with Crippen molar-refractivity contribution in [1.29, 1.82) is 0 Å². The lowest BCUT2D eigenvalue weighted by molar-refractivity contribution is 0.271. The van der Waals surface area contributed by atoms with E-state index in [4.69, 9.17) is 0 Å². The number of hydrazine groups is 2. The molecule has 0 spiro atoms. The minimum absolute atomic E-state index is 0.645. The van der Waals surface area contributed by atoms with E-state index < -0.39 is 0 Å². The molecule has 1 fully saturated rings. The van der Waals surface area contributed by atoms with E-state index in [9.17, 15) is 0 Å². The van der Waals surface area contributed by atoms with Crippen molar-refractivity contribution in [2.45, 2.75) is 25.3 Å². The van der Waals surface area contributed by atoms with Crippen LogP contribution < -0.4 is 16.4 Å². The van der Waals surface area contributed by atoms with Crippen molar-refractivity contribution in [3.63, 3.8) is 0 Å². The minimum atomic E-state index is 0.645. The molecule has 0 aromatic rings. The molecule has 3 N–H and O–H groups in total. The molecule has 0 saturated carbocycles. The summed E-state index contributed by atoms with van der Waals surface area (Å²) in [4.78, 5) is 2.23. The molecule has 1 rings (SSSR count). The smallest absolute Gasteiger partial charge is 0.0239 e. The van der Waals surface area contributed by atoms with Gasteiger partial charge < -0.3 is 4.90 Å². The molecule has 1 atom stereocenters. The van der Waals surface area contributed by atoms with Gasteiger partial charge in [-0.05, 0) is 39.9 Å². The van der Waals surface area contributed by atoms with Crippen LogP contribution in [0.25, 0.3) is 0 Å². The zero-order chi connectivity index (χ0) is 8.81. The Bertz CT molecular complexity index is 110. The molecule has 4 nitrogen and oxygen atoms in total. The molecule has 1 saturated heterocycles. The Kier molecular flexibility index (Phi) is 4.53. The second kappa shape index (κ2) is 5.48. The maximum atomic E-state index is 3.21. The highest BCUT2D eigenvalue weighted by Crippen LogP contribution is 2.02. The lowest BCUT2D eigenvalue weighted by atomic mass is 10.1. The largest absolute Gasteiger partial charge is 0.309 e. The van der Waals surface area contributed by atoms with Crippen molar-refractivity contribution in [1.82, 2.24) is 21.3 Å². The molecule has 0 amide bonds. The first-order chi connectivity index (χ1) is 5.79. The molecule has 1 heterocycles. The second-order valence-corrected chi connectivity index (χ2v) is 3.63. The maximum Gasteiger partial charge on any atom is 0.0239 e. The van der Waals surface area contributed by atoms with E-state index in [1.807, 2.05) is 0 Å². The van der Waals surface area contributed by atoms with E-state index >= 15 is 0 Å². The zero-order valence-electron chi connectivity index (χ0n) is 8.06. The summed E-state index contributed by atoms with van der Waals surface area (Å²) in [5.41, 5.74) is 9.21. The van der Waals surface area contributed by atoms with E-state index in [1.54, 1.807) is 0 Å². The molecule has 72 valence electrons. The molecule has 0 aromatic heterocycles. The molecule has 1 aliphatic rings. The molecule has 1 aliphatic heterocycles. The van der Waals surface area contributed by atoms with E-state index in [0.29, 0.717) is 6.04 Å². The Morgan fingerprint density at radius 2 is 2.25 bits per heavy atom. The summed E-state index contributed by atoms with van der Waals surface area (Å²) in [5, 5.41) is 0. The number of hydrogen-bond acceptors (Lipinski definition) is 4. The summed E-state index contributed by atoms with van der Waals surface area (Å²) in [6.07, 6.45) is 3.75. The van der Waals surface area contributed by atoms with Gasteiger partial charge in [0.1, 0.15) is 0 Å². The second-order valence-electron chi connectivity index (χ2n) is 3.63. The summed E-state index contributed by atoms with van der Waals surface area (Å²) < 4.78 is 0. The quantitative estimate of drug-likeness (QED) is 0.544. The number of hydrogen-bond donors (Lipinski definition) is 3. The van der Waals surface area contributed by atoms with Gasteiger partial charge in [0.15, 0.2) is 0 Å². The van der Waals surface area contributed by atoms with Crippen LogP contribution in [0.2, 0.25) is 0 Å². The van der Waals surface area contributed by atoms with Crippen molar-refractivity contribution in [3.8, 4) is 0 Å². The van der Waals surface area contributed by atoms with Crippen molar-refractivity contribution in [2.24, 2.45) is 0 Å². The Hall–Kier alpha value is -0.160. The third-order valence-corrected chi connectivity index (χ3v) is 2.14. The lowest BCUT2D eigenvalue weighted by Crippen LogP contribution is -2.54. The van der Waals surface area contributed by atoms with Crippen LogP contribution in [0.1, 0.15) is 19.3 Å². The highest BCUT2D eigenvalue weighted by atomic mass is 15.6. The first-order valence-corrected chi connectivity index (χ1v) is 4.67. The average molecular weight is 172 g/mol. The molecular formula is C8H20N4. The van der Waals surface area contributed by atoms with Crippen LogP contribution in [0.4, 0.5) is 0 Å². The van der Waals surface area contributed by atoms with Gasteiger partial charge in [-0.2, -0.15) is 5.53 Å². The lowest BCUT2D eigenvalue weighted by Gasteiger charge is -2.25. The normalized spacial score (nSPS) is 24.8. The van der Waals surface area contributed by atoms with Gasteiger partial charge >= 0.3 is 0 Å². The number of nitrogens with one attached hydrogen (secondary N) is 3. The minimum Gasteiger partial charge on any atom is -0.309 e. The predicted molar refractivity (Wildman–Crippen MR) is 50.5 cm³/mol. The molecular weight excluding hydrogens is 152 g/mol. The van der Waals surface area contributed by atoms with Crippen LogP contribution in [0, 0.1) is 0 Å². The number of nitrogens with zero attached hydrogens (tertiary/aromatic N) is 1. The molecule has 12 heavy (non-hydrogen) atoms. The molecule has 4 heteroatoms. The average Bonchev–Trinajstić information content (AvgIpc) is 2.05. The van der Waals surface area contributed by atoms with Gasteiger partial charge in [-0.1, -0.05) is 0 Å². The highest BCUT2D eigenvalue weighted by Gasteiger charge is 2.10. The van der Waals surface area contributed by atoms with E-state index in [1.165, 1.54) is 25.8 Å². The van der Waals surface area contributed by atoms with E-state index in [-0.39, 0.29) is 0 Å².